The first-order chi connectivity index (χ1) is 15.7. The van der Waals surface area contributed by atoms with E-state index >= 15 is 0 Å². The molecule has 0 spiro atoms. The third-order valence-electron chi connectivity index (χ3n) is 5.47. The van der Waals surface area contributed by atoms with Crippen LogP contribution in [0.5, 0.6) is 23.0 Å². The van der Waals surface area contributed by atoms with Crippen molar-refractivity contribution in [3.63, 3.8) is 0 Å². The van der Waals surface area contributed by atoms with E-state index in [1.807, 2.05) is 42.5 Å². The summed E-state index contributed by atoms with van der Waals surface area (Å²) in [7, 11) is 6.57. The molecule has 0 fully saturated rings. The highest BCUT2D eigenvalue weighted by atomic mass is 16.5. The molecule has 0 saturated heterocycles. The summed E-state index contributed by atoms with van der Waals surface area (Å²) in [4.78, 5) is 0. The van der Waals surface area contributed by atoms with Crippen LogP contribution in [0.25, 0.3) is 34.1 Å². The van der Waals surface area contributed by atoms with Crippen molar-refractivity contribution in [1.82, 2.24) is 0 Å². The lowest BCUT2D eigenvalue weighted by atomic mass is 9.94. The van der Waals surface area contributed by atoms with Crippen LogP contribution in [0.3, 0.4) is 0 Å². The largest absolute Gasteiger partial charge is 0.497 e. The van der Waals surface area contributed by atoms with Crippen LogP contribution in [0, 0.1) is 0 Å². The highest BCUT2D eigenvalue weighted by molar-refractivity contribution is 5.93. The molecule has 162 valence electrons. The van der Waals surface area contributed by atoms with Crippen molar-refractivity contribution in [1.29, 1.82) is 0 Å². The monoisotopic (exact) mass is 426 g/mol. The van der Waals surface area contributed by atoms with Crippen molar-refractivity contribution in [3.8, 4) is 34.1 Å². The average molecular weight is 427 g/mol. The number of fused-ring (bicyclic) bond motifs is 1. The Labute approximate surface area is 188 Å². The van der Waals surface area contributed by atoms with Gasteiger partial charge in [-0.2, -0.15) is 0 Å². The van der Waals surface area contributed by atoms with Gasteiger partial charge in [0.2, 0.25) is 5.75 Å². The summed E-state index contributed by atoms with van der Waals surface area (Å²) in [5.41, 5.74) is 4.01. The standard InChI is InChI=1S/C28H26O4/c1-29-24-15-10-19(11-16-24)9-12-23-18-25(30-2)27(31-3)28(32-4)26(23)22-14-13-20-7-5-6-8-21(20)17-22/h5-18H,1-4H3/b12-9+. The first kappa shape index (κ1) is 21.3. The van der Waals surface area contributed by atoms with Crippen LogP contribution in [0.2, 0.25) is 0 Å². The topological polar surface area (TPSA) is 36.9 Å². The van der Waals surface area contributed by atoms with Gasteiger partial charge in [-0.25, -0.2) is 0 Å². The lowest BCUT2D eigenvalue weighted by Gasteiger charge is -2.19. The van der Waals surface area contributed by atoms with E-state index in [0.29, 0.717) is 17.2 Å². The lowest BCUT2D eigenvalue weighted by Crippen LogP contribution is -1.99. The third-order valence-corrected chi connectivity index (χ3v) is 5.47. The molecular weight excluding hydrogens is 400 g/mol. The second kappa shape index (κ2) is 9.48. The second-order valence-electron chi connectivity index (χ2n) is 7.28. The van der Waals surface area contributed by atoms with Gasteiger partial charge in [-0.3, -0.25) is 0 Å². The molecule has 0 saturated carbocycles. The first-order valence-corrected chi connectivity index (χ1v) is 10.3. The normalized spacial score (nSPS) is 11.0. The molecule has 0 atom stereocenters. The van der Waals surface area contributed by atoms with Gasteiger partial charge in [-0.1, -0.05) is 60.7 Å². The molecule has 0 heterocycles. The summed E-state index contributed by atoms with van der Waals surface area (Å²) in [5.74, 6) is 2.64. The smallest absolute Gasteiger partial charge is 0.203 e. The van der Waals surface area contributed by atoms with E-state index in [0.717, 1.165) is 33.4 Å². The summed E-state index contributed by atoms with van der Waals surface area (Å²) < 4.78 is 22.4. The molecule has 0 aliphatic heterocycles. The van der Waals surface area contributed by atoms with Crippen LogP contribution in [0.4, 0.5) is 0 Å². The summed E-state index contributed by atoms with van der Waals surface area (Å²) in [6.45, 7) is 0. The SMILES string of the molecule is COc1ccc(/C=C/c2cc(OC)c(OC)c(OC)c2-c2ccc3ccccc3c2)cc1. The maximum absolute atomic E-state index is 5.84. The number of methoxy groups -OCH3 is 4. The molecule has 0 aromatic heterocycles. The van der Waals surface area contributed by atoms with E-state index in [1.54, 1.807) is 28.4 Å². The zero-order valence-corrected chi connectivity index (χ0v) is 18.7. The van der Waals surface area contributed by atoms with Crippen molar-refractivity contribution in [2.45, 2.75) is 0 Å². The predicted molar refractivity (Wildman–Crippen MR) is 131 cm³/mol. The Hall–Kier alpha value is -3.92. The van der Waals surface area contributed by atoms with Crippen molar-refractivity contribution in [3.05, 3.63) is 83.9 Å². The molecule has 0 amide bonds. The lowest BCUT2D eigenvalue weighted by molar-refractivity contribution is 0.325. The minimum Gasteiger partial charge on any atom is -0.497 e. The van der Waals surface area contributed by atoms with Gasteiger partial charge in [0, 0.05) is 5.56 Å². The van der Waals surface area contributed by atoms with Gasteiger partial charge in [0.15, 0.2) is 11.5 Å². The third kappa shape index (κ3) is 4.12. The molecule has 32 heavy (non-hydrogen) atoms. The number of rotatable bonds is 7. The number of hydrogen-bond acceptors (Lipinski definition) is 4. The van der Waals surface area contributed by atoms with E-state index in [4.69, 9.17) is 18.9 Å². The van der Waals surface area contributed by atoms with E-state index in [2.05, 4.69) is 42.5 Å². The Morgan fingerprint density at radius 2 is 1.31 bits per heavy atom. The van der Waals surface area contributed by atoms with Crippen LogP contribution >= 0.6 is 0 Å². The zero-order chi connectivity index (χ0) is 22.5. The van der Waals surface area contributed by atoms with E-state index < -0.39 is 0 Å². The fraction of sp³-hybridized carbons (Fsp3) is 0.143. The molecule has 4 heteroatoms. The van der Waals surface area contributed by atoms with Crippen molar-refractivity contribution in [2.24, 2.45) is 0 Å². The molecule has 0 radical (unpaired) electrons. The van der Waals surface area contributed by atoms with Gasteiger partial charge >= 0.3 is 0 Å². The molecule has 0 unspecified atom stereocenters. The van der Waals surface area contributed by atoms with Gasteiger partial charge < -0.3 is 18.9 Å². The highest BCUT2D eigenvalue weighted by Crippen LogP contribution is 2.47. The molecule has 0 aliphatic carbocycles. The molecule has 4 nitrogen and oxygen atoms in total. The Balaban J connectivity index is 1.91. The van der Waals surface area contributed by atoms with Gasteiger partial charge in [0.1, 0.15) is 5.75 Å². The van der Waals surface area contributed by atoms with Gasteiger partial charge in [0.05, 0.1) is 28.4 Å². The Bertz CT molecular complexity index is 1260. The fourth-order valence-corrected chi connectivity index (χ4v) is 3.85. The Morgan fingerprint density at radius 1 is 0.594 bits per heavy atom. The predicted octanol–water partition coefficient (Wildman–Crippen LogP) is 6.71. The van der Waals surface area contributed by atoms with E-state index in [-0.39, 0.29) is 0 Å². The fourth-order valence-electron chi connectivity index (χ4n) is 3.85. The number of benzene rings is 4. The van der Waals surface area contributed by atoms with E-state index in [1.165, 1.54) is 5.39 Å². The summed E-state index contributed by atoms with van der Waals surface area (Å²) in [6.07, 6.45) is 4.13. The quantitative estimate of drug-likeness (QED) is 0.308. The van der Waals surface area contributed by atoms with Gasteiger partial charge in [-0.15, -0.1) is 0 Å². The highest BCUT2D eigenvalue weighted by Gasteiger charge is 2.21. The van der Waals surface area contributed by atoms with Gasteiger partial charge in [-0.05, 0) is 51.7 Å². The second-order valence-corrected chi connectivity index (χ2v) is 7.28. The maximum Gasteiger partial charge on any atom is 0.203 e. The Kier molecular flexibility index (Phi) is 6.31. The minimum atomic E-state index is 0.569. The zero-order valence-electron chi connectivity index (χ0n) is 18.7. The average Bonchev–Trinajstić information content (AvgIpc) is 2.86. The molecule has 4 rings (SSSR count). The van der Waals surface area contributed by atoms with Crippen molar-refractivity contribution in [2.75, 3.05) is 28.4 Å². The van der Waals surface area contributed by atoms with Crippen LogP contribution in [0.15, 0.2) is 72.8 Å². The molecule has 0 aliphatic rings. The van der Waals surface area contributed by atoms with E-state index in [9.17, 15) is 0 Å². The number of ether oxygens (including phenoxy) is 4. The summed E-state index contributed by atoms with van der Waals surface area (Å²) >= 11 is 0. The van der Waals surface area contributed by atoms with Crippen LogP contribution < -0.4 is 18.9 Å². The molecule has 4 aromatic carbocycles. The van der Waals surface area contributed by atoms with Crippen LogP contribution in [-0.4, -0.2) is 28.4 Å². The van der Waals surface area contributed by atoms with Crippen molar-refractivity contribution >= 4 is 22.9 Å². The summed E-state index contributed by atoms with van der Waals surface area (Å²) in [5, 5.41) is 2.35. The maximum atomic E-state index is 5.84. The molecule has 0 N–H and O–H groups in total. The first-order valence-electron chi connectivity index (χ1n) is 10.3. The van der Waals surface area contributed by atoms with Crippen LogP contribution in [0.1, 0.15) is 11.1 Å². The van der Waals surface area contributed by atoms with Crippen molar-refractivity contribution < 1.29 is 18.9 Å². The molecule has 0 bridgehead atoms. The van der Waals surface area contributed by atoms with Crippen LogP contribution in [-0.2, 0) is 0 Å². The molecular formula is C28H26O4. The number of hydrogen-bond donors (Lipinski definition) is 0. The minimum absolute atomic E-state index is 0.569. The Morgan fingerprint density at radius 3 is 1.97 bits per heavy atom. The van der Waals surface area contributed by atoms with Gasteiger partial charge in [0.25, 0.3) is 0 Å². The molecule has 4 aromatic rings. The summed E-state index contributed by atoms with van der Waals surface area (Å²) in [6, 6.07) is 24.6.